The molecule has 0 aliphatic heterocycles. The quantitative estimate of drug-likeness (QED) is 0.393. The number of nitrogens with one attached hydrogen (secondary N) is 4. The van der Waals surface area contributed by atoms with Crippen molar-refractivity contribution >= 4 is 47.6 Å². The van der Waals surface area contributed by atoms with Gasteiger partial charge in [0.2, 0.25) is 41.6 Å². The maximum Gasteiger partial charge on any atom is 0.328 e. The highest BCUT2D eigenvalue weighted by molar-refractivity contribution is 5.97. The summed E-state index contributed by atoms with van der Waals surface area (Å²) in [7, 11) is 1.58. The number of aromatic nitrogens is 6. The van der Waals surface area contributed by atoms with E-state index in [-0.39, 0.29) is 35.7 Å². The Morgan fingerprint density at radius 3 is 1.62 bits per heavy atom. The number of rotatable bonds is 4. The van der Waals surface area contributed by atoms with Gasteiger partial charge in [-0.3, -0.25) is 20.7 Å². The Morgan fingerprint density at radius 1 is 0.750 bits per heavy atom. The Kier molecular flexibility index (Phi) is 4.78. The highest BCUT2D eigenvalue weighted by atomic mass is 16.2. The van der Waals surface area contributed by atoms with Gasteiger partial charge in [-0.05, 0) is 0 Å². The molecule has 0 atom stereocenters. The molecule has 0 unspecified atom stereocenters. The number of nitrogen functional groups attached to an aromatic ring is 2. The molecule has 14 heteroatoms. The third-order valence-corrected chi connectivity index (χ3v) is 2.27. The molecule has 0 fully saturated rings. The van der Waals surface area contributed by atoms with Gasteiger partial charge in [0.1, 0.15) is 0 Å². The Bertz CT molecular complexity index is 778. The predicted octanol–water partition coefficient (Wildman–Crippen LogP) is -1.13. The summed E-state index contributed by atoms with van der Waals surface area (Å²) in [5, 5.41) is 9.60. The lowest BCUT2D eigenvalue weighted by molar-refractivity contribution is -0.114. The van der Waals surface area contributed by atoms with Crippen LogP contribution in [-0.2, 0) is 4.79 Å². The predicted molar refractivity (Wildman–Crippen MR) is 85.0 cm³/mol. The molecule has 2 rings (SSSR count). The molecule has 2 aromatic heterocycles. The van der Waals surface area contributed by atoms with Crippen LogP contribution in [-0.4, -0.2) is 48.9 Å². The second-order valence-corrected chi connectivity index (χ2v) is 4.19. The lowest BCUT2D eigenvalue weighted by Gasteiger charge is -2.08. The zero-order valence-electron chi connectivity index (χ0n) is 12.7. The van der Waals surface area contributed by atoms with Gasteiger partial charge >= 0.3 is 6.03 Å². The third kappa shape index (κ3) is 4.58. The molecule has 0 bridgehead atoms. The summed E-state index contributed by atoms with van der Waals surface area (Å²) in [6.07, 6.45) is 0. The maximum atomic E-state index is 11.9. The Hall–Kier alpha value is -3.84. The molecule has 3 amide bonds. The average molecular weight is 334 g/mol. The van der Waals surface area contributed by atoms with Gasteiger partial charge in [0.25, 0.3) is 0 Å². The van der Waals surface area contributed by atoms with Crippen molar-refractivity contribution in [3.05, 3.63) is 0 Å². The van der Waals surface area contributed by atoms with Crippen molar-refractivity contribution in [2.75, 3.05) is 39.8 Å². The first kappa shape index (κ1) is 16.5. The molecule has 126 valence electrons. The highest BCUT2D eigenvalue weighted by Crippen LogP contribution is 2.09. The van der Waals surface area contributed by atoms with Crippen molar-refractivity contribution in [1.82, 2.24) is 29.9 Å². The molecular weight excluding hydrogens is 320 g/mol. The summed E-state index contributed by atoms with van der Waals surface area (Å²) < 4.78 is 0. The van der Waals surface area contributed by atoms with Crippen molar-refractivity contribution in [3.8, 4) is 0 Å². The summed E-state index contributed by atoms with van der Waals surface area (Å²) in [6, 6.07) is -0.762. The van der Waals surface area contributed by atoms with Crippen molar-refractivity contribution in [2.24, 2.45) is 0 Å². The van der Waals surface area contributed by atoms with Crippen molar-refractivity contribution < 1.29 is 9.59 Å². The SMILES string of the molecule is CNc1nc(N)nc(NC(=O)Nc2nc(N)nc(NC(C)=O)n2)n1. The summed E-state index contributed by atoms with van der Waals surface area (Å²) in [6.45, 7) is 1.27. The summed E-state index contributed by atoms with van der Waals surface area (Å²) in [5.74, 6) is -0.875. The minimum Gasteiger partial charge on any atom is -0.368 e. The van der Waals surface area contributed by atoms with Gasteiger partial charge in [0, 0.05) is 14.0 Å². The molecular formula is C10H14N12O2. The maximum absolute atomic E-state index is 11.9. The molecule has 0 spiro atoms. The number of anilines is 6. The van der Waals surface area contributed by atoms with Crippen LogP contribution in [0.3, 0.4) is 0 Å². The molecule has 8 N–H and O–H groups in total. The third-order valence-electron chi connectivity index (χ3n) is 2.27. The van der Waals surface area contributed by atoms with Gasteiger partial charge in [-0.15, -0.1) is 0 Å². The average Bonchev–Trinajstić information content (AvgIpc) is 2.44. The topological polar surface area (TPSA) is 212 Å². The van der Waals surface area contributed by atoms with E-state index in [1.54, 1.807) is 7.05 Å². The number of amides is 3. The number of hydrogen-bond donors (Lipinski definition) is 6. The smallest absolute Gasteiger partial charge is 0.328 e. The van der Waals surface area contributed by atoms with Gasteiger partial charge in [0.15, 0.2) is 0 Å². The van der Waals surface area contributed by atoms with Crippen LogP contribution in [0.25, 0.3) is 0 Å². The largest absolute Gasteiger partial charge is 0.368 e. The zero-order chi connectivity index (χ0) is 17.7. The Labute approximate surface area is 134 Å². The first-order valence-corrected chi connectivity index (χ1v) is 6.42. The lowest BCUT2D eigenvalue weighted by atomic mass is 10.7. The number of hydrogen-bond acceptors (Lipinski definition) is 11. The number of carbonyl (C=O) groups excluding carboxylic acids is 2. The van der Waals surface area contributed by atoms with Crippen molar-refractivity contribution in [2.45, 2.75) is 6.92 Å². The van der Waals surface area contributed by atoms with E-state index >= 15 is 0 Å². The fraction of sp³-hybridized carbons (Fsp3) is 0.200. The standard InChI is InChI=1S/C10H14N12O2/c1-3(23)14-7-16-5(12)18-9(20-7)22-10(24)21-8-17-4(11)15-6(13-2)19-8/h1-2H3,(H8,11,12,13,14,15,16,17,18,19,20,21,22,23,24). The Morgan fingerprint density at radius 2 is 1.17 bits per heavy atom. The number of urea groups is 1. The monoisotopic (exact) mass is 334 g/mol. The first-order valence-electron chi connectivity index (χ1n) is 6.42. The van der Waals surface area contributed by atoms with Crippen molar-refractivity contribution in [1.29, 1.82) is 0 Å². The highest BCUT2D eigenvalue weighted by Gasteiger charge is 2.11. The zero-order valence-corrected chi connectivity index (χ0v) is 12.7. The van der Waals surface area contributed by atoms with Crippen LogP contribution < -0.4 is 32.7 Å². The molecule has 0 aromatic carbocycles. The Balaban J connectivity index is 2.11. The molecule has 0 saturated carbocycles. The molecule has 0 saturated heterocycles. The van der Waals surface area contributed by atoms with Crippen LogP contribution in [0.1, 0.15) is 6.92 Å². The number of nitrogens with zero attached hydrogens (tertiary/aromatic N) is 6. The van der Waals surface area contributed by atoms with Gasteiger partial charge in [-0.25, -0.2) is 4.79 Å². The van der Waals surface area contributed by atoms with Gasteiger partial charge in [0.05, 0.1) is 0 Å². The summed E-state index contributed by atoms with van der Waals surface area (Å²) in [4.78, 5) is 45.6. The van der Waals surface area contributed by atoms with E-state index in [4.69, 9.17) is 11.5 Å². The van der Waals surface area contributed by atoms with Crippen LogP contribution in [0.2, 0.25) is 0 Å². The second kappa shape index (κ2) is 6.95. The van der Waals surface area contributed by atoms with E-state index in [0.717, 1.165) is 0 Å². The summed E-state index contributed by atoms with van der Waals surface area (Å²) in [5.41, 5.74) is 11.0. The molecule has 2 heterocycles. The minimum atomic E-state index is -0.762. The van der Waals surface area contributed by atoms with Crippen LogP contribution in [0.15, 0.2) is 0 Å². The molecule has 2 aromatic rings. The number of carbonyl (C=O) groups is 2. The molecule has 0 radical (unpaired) electrons. The van der Waals surface area contributed by atoms with Crippen LogP contribution in [0.5, 0.6) is 0 Å². The van der Waals surface area contributed by atoms with E-state index in [0.29, 0.717) is 0 Å². The van der Waals surface area contributed by atoms with Gasteiger partial charge < -0.3 is 16.8 Å². The molecule has 0 aliphatic carbocycles. The van der Waals surface area contributed by atoms with E-state index < -0.39 is 11.9 Å². The van der Waals surface area contributed by atoms with Gasteiger partial charge in [-0.2, -0.15) is 29.9 Å². The van der Waals surface area contributed by atoms with Crippen LogP contribution >= 0.6 is 0 Å². The van der Waals surface area contributed by atoms with E-state index in [1.807, 2.05) is 0 Å². The summed E-state index contributed by atoms with van der Waals surface area (Å²) >= 11 is 0. The van der Waals surface area contributed by atoms with Crippen LogP contribution in [0, 0.1) is 0 Å². The minimum absolute atomic E-state index is 0.0815. The molecule has 24 heavy (non-hydrogen) atoms. The van der Waals surface area contributed by atoms with Crippen LogP contribution in [0.4, 0.5) is 40.5 Å². The fourth-order valence-corrected chi connectivity index (χ4v) is 1.46. The molecule has 0 aliphatic rings. The molecule has 14 nitrogen and oxygen atoms in total. The second-order valence-electron chi connectivity index (χ2n) is 4.19. The van der Waals surface area contributed by atoms with Gasteiger partial charge in [-0.1, -0.05) is 0 Å². The fourth-order valence-electron chi connectivity index (χ4n) is 1.46. The normalized spacial score (nSPS) is 9.92. The lowest BCUT2D eigenvalue weighted by Crippen LogP contribution is -2.24. The first-order chi connectivity index (χ1) is 11.4. The van der Waals surface area contributed by atoms with E-state index in [1.165, 1.54) is 6.92 Å². The number of nitrogens with two attached hydrogens (primary N) is 2. The van der Waals surface area contributed by atoms with E-state index in [9.17, 15) is 9.59 Å². The van der Waals surface area contributed by atoms with E-state index in [2.05, 4.69) is 51.2 Å². The van der Waals surface area contributed by atoms with Crippen molar-refractivity contribution in [3.63, 3.8) is 0 Å².